The highest BCUT2D eigenvalue weighted by atomic mass is 15.1. The third-order valence-corrected chi connectivity index (χ3v) is 3.26. The lowest BCUT2D eigenvalue weighted by Crippen LogP contribution is -2.04. The summed E-state index contributed by atoms with van der Waals surface area (Å²) in [6, 6.07) is 2.10. The molecule has 18 heavy (non-hydrogen) atoms. The molecule has 0 saturated heterocycles. The Balaban J connectivity index is 2.14. The predicted molar refractivity (Wildman–Crippen MR) is 71.5 cm³/mol. The number of hydrogen-bond donors (Lipinski definition) is 1. The highest BCUT2D eigenvalue weighted by Crippen LogP contribution is 2.30. The molecule has 0 unspecified atom stereocenters. The lowest BCUT2D eigenvalue weighted by Gasteiger charge is -2.09. The molecule has 0 aliphatic heterocycles. The zero-order chi connectivity index (χ0) is 12.4. The van der Waals surface area contributed by atoms with E-state index >= 15 is 0 Å². The van der Waals surface area contributed by atoms with E-state index in [0.717, 1.165) is 37.1 Å². The van der Waals surface area contributed by atoms with Crippen LogP contribution in [0.1, 0.15) is 24.5 Å². The normalized spacial score (nSPS) is 13.4. The highest BCUT2D eigenvalue weighted by Gasteiger charge is 2.16. The maximum Gasteiger partial charge on any atom is 0.223 e. The molecule has 0 spiro atoms. The SMILES string of the molecule is CCNc1ncc2c(n1)-c1cnccc1CCC2. The van der Waals surface area contributed by atoms with E-state index in [4.69, 9.17) is 0 Å². The van der Waals surface area contributed by atoms with Crippen molar-refractivity contribution in [2.45, 2.75) is 26.2 Å². The van der Waals surface area contributed by atoms with Crippen molar-refractivity contribution < 1.29 is 0 Å². The molecule has 1 aliphatic rings. The van der Waals surface area contributed by atoms with Gasteiger partial charge in [0.1, 0.15) is 0 Å². The number of pyridine rings is 1. The van der Waals surface area contributed by atoms with Crippen molar-refractivity contribution in [2.24, 2.45) is 0 Å². The third kappa shape index (κ3) is 1.94. The highest BCUT2D eigenvalue weighted by molar-refractivity contribution is 5.67. The van der Waals surface area contributed by atoms with Gasteiger partial charge in [-0.25, -0.2) is 9.97 Å². The van der Waals surface area contributed by atoms with E-state index < -0.39 is 0 Å². The molecule has 0 saturated carbocycles. The van der Waals surface area contributed by atoms with Gasteiger partial charge in [0.15, 0.2) is 0 Å². The Morgan fingerprint density at radius 3 is 3.00 bits per heavy atom. The second kappa shape index (κ2) is 4.72. The largest absolute Gasteiger partial charge is 0.354 e. The monoisotopic (exact) mass is 240 g/mol. The summed E-state index contributed by atoms with van der Waals surface area (Å²) in [5.74, 6) is 0.702. The molecule has 0 aromatic carbocycles. The van der Waals surface area contributed by atoms with Gasteiger partial charge in [0, 0.05) is 30.7 Å². The number of nitrogens with zero attached hydrogens (tertiary/aromatic N) is 3. The average Bonchev–Trinajstić information content (AvgIpc) is 2.58. The fourth-order valence-corrected chi connectivity index (χ4v) is 2.39. The van der Waals surface area contributed by atoms with Crippen LogP contribution in [0.15, 0.2) is 24.7 Å². The van der Waals surface area contributed by atoms with Crippen LogP contribution in [0.2, 0.25) is 0 Å². The molecular formula is C14H16N4. The van der Waals surface area contributed by atoms with Crippen LogP contribution >= 0.6 is 0 Å². The number of aryl methyl sites for hydroxylation is 2. The first-order valence-corrected chi connectivity index (χ1v) is 6.41. The smallest absolute Gasteiger partial charge is 0.223 e. The predicted octanol–water partition coefficient (Wildman–Crippen LogP) is 2.46. The van der Waals surface area contributed by atoms with Gasteiger partial charge in [-0.2, -0.15) is 0 Å². The van der Waals surface area contributed by atoms with E-state index in [2.05, 4.69) is 26.3 Å². The van der Waals surface area contributed by atoms with Crippen LogP contribution in [0.25, 0.3) is 11.3 Å². The summed E-state index contributed by atoms with van der Waals surface area (Å²) < 4.78 is 0. The molecule has 1 aliphatic carbocycles. The number of fused-ring (bicyclic) bond motifs is 3. The van der Waals surface area contributed by atoms with Gasteiger partial charge in [0.2, 0.25) is 5.95 Å². The first-order chi connectivity index (χ1) is 8.88. The van der Waals surface area contributed by atoms with E-state index in [0.29, 0.717) is 5.95 Å². The molecule has 4 heteroatoms. The zero-order valence-electron chi connectivity index (χ0n) is 10.5. The molecule has 3 rings (SSSR count). The van der Waals surface area contributed by atoms with E-state index in [-0.39, 0.29) is 0 Å². The molecule has 0 atom stereocenters. The summed E-state index contributed by atoms with van der Waals surface area (Å²) in [4.78, 5) is 13.2. The summed E-state index contributed by atoms with van der Waals surface area (Å²) >= 11 is 0. The van der Waals surface area contributed by atoms with E-state index in [1.165, 1.54) is 11.1 Å². The van der Waals surface area contributed by atoms with Crippen LogP contribution in [-0.4, -0.2) is 21.5 Å². The second-order valence-corrected chi connectivity index (χ2v) is 4.48. The Morgan fingerprint density at radius 1 is 1.22 bits per heavy atom. The van der Waals surface area contributed by atoms with Gasteiger partial charge in [0.25, 0.3) is 0 Å². The molecule has 2 aromatic heterocycles. The Kier molecular flexibility index (Phi) is 2.92. The summed E-state index contributed by atoms with van der Waals surface area (Å²) in [5, 5.41) is 3.17. The van der Waals surface area contributed by atoms with Gasteiger partial charge < -0.3 is 5.32 Å². The van der Waals surface area contributed by atoms with Crippen LogP contribution in [0, 0.1) is 0 Å². The lowest BCUT2D eigenvalue weighted by atomic mass is 10.1. The molecule has 0 radical (unpaired) electrons. The van der Waals surface area contributed by atoms with Crippen molar-refractivity contribution in [3.8, 4) is 11.3 Å². The lowest BCUT2D eigenvalue weighted by molar-refractivity contribution is 0.828. The van der Waals surface area contributed by atoms with E-state index in [9.17, 15) is 0 Å². The summed E-state index contributed by atoms with van der Waals surface area (Å²) in [6.07, 6.45) is 9.00. The van der Waals surface area contributed by atoms with E-state index in [1.54, 1.807) is 0 Å². The Labute approximate surface area is 107 Å². The van der Waals surface area contributed by atoms with Crippen molar-refractivity contribution >= 4 is 5.95 Å². The Hall–Kier alpha value is -1.97. The molecule has 0 amide bonds. The van der Waals surface area contributed by atoms with Gasteiger partial charge in [-0.15, -0.1) is 0 Å². The van der Waals surface area contributed by atoms with Crippen molar-refractivity contribution in [3.05, 3.63) is 35.8 Å². The number of anilines is 1. The van der Waals surface area contributed by atoms with Crippen LogP contribution in [0.3, 0.4) is 0 Å². The molecule has 92 valence electrons. The van der Waals surface area contributed by atoms with Gasteiger partial charge in [0.05, 0.1) is 5.69 Å². The topological polar surface area (TPSA) is 50.7 Å². The minimum absolute atomic E-state index is 0.702. The third-order valence-electron chi connectivity index (χ3n) is 3.26. The van der Waals surface area contributed by atoms with Crippen LogP contribution in [0.5, 0.6) is 0 Å². The molecule has 2 heterocycles. The van der Waals surface area contributed by atoms with Crippen molar-refractivity contribution in [1.82, 2.24) is 15.0 Å². The number of aromatic nitrogens is 3. The fraction of sp³-hybridized carbons (Fsp3) is 0.357. The average molecular weight is 240 g/mol. The molecule has 1 N–H and O–H groups in total. The standard InChI is InChI=1S/C14H16N4/c1-2-16-14-17-8-11-5-3-4-10-6-7-15-9-12(10)13(11)18-14/h6-9H,2-5H2,1H3,(H,16,17,18). The van der Waals surface area contributed by atoms with Crippen molar-refractivity contribution in [2.75, 3.05) is 11.9 Å². The summed E-state index contributed by atoms with van der Waals surface area (Å²) in [7, 11) is 0. The van der Waals surface area contributed by atoms with E-state index in [1.807, 2.05) is 25.5 Å². The maximum atomic E-state index is 4.64. The van der Waals surface area contributed by atoms with Crippen molar-refractivity contribution in [3.63, 3.8) is 0 Å². The fourth-order valence-electron chi connectivity index (χ4n) is 2.39. The second-order valence-electron chi connectivity index (χ2n) is 4.48. The minimum atomic E-state index is 0.702. The van der Waals surface area contributed by atoms with Gasteiger partial charge >= 0.3 is 0 Å². The number of hydrogen-bond acceptors (Lipinski definition) is 4. The first-order valence-electron chi connectivity index (χ1n) is 6.41. The molecule has 0 fully saturated rings. The zero-order valence-corrected chi connectivity index (χ0v) is 10.5. The Morgan fingerprint density at radius 2 is 2.11 bits per heavy atom. The van der Waals surface area contributed by atoms with Crippen molar-refractivity contribution in [1.29, 1.82) is 0 Å². The number of rotatable bonds is 2. The summed E-state index contributed by atoms with van der Waals surface area (Å²) in [6.45, 7) is 2.88. The molecule has 2 aromatic rings. The number of nitrogens with one attached hydrogen (secondary N) is 1. The van der Waals surface area contributed by atoms with Gasteiger partial charge in [-0.3, -0.25) is 4.98 Å². The van der Waals surface area contributed by atoms with Crippen LogP contribution in [-0.2, 0) is 12.8 Å². The Bertz CT molecular complexity index is 565. The minimum Gasteiger partial charge on any atom is -0.354 e. The van der Waals surface area contributed by atoms with Crippen LogP contribution in [0.4, 0.5) is 5.95 Å². The molecular weight excluding hydrogens is 224 g/mol. The first kappa shape index (κ1) is 11.1. The van der Waals surface area contributed by atoms with Gasteiger partial charge in [-0.1, -0.05) is 0 Å². The maximum absolute atomic E-state index is 4.64. The molecule has 0 bridgehead atoms. The quantitative estimate of drug-likeness (QED) is 0.876. The van der Waals surface area contributed by atoms with Crippen LogP contribution < -0.4 is 5.32 Å². The molecule has 4 nitrogen and oxygen atoms in total. The summed E-state index contributed by atoms with van der Waals surface area (Å²) in [5.41, 5.74) is 4.77. The van der Waals surface area contributed by atoms with Gasteiger partial charge in [-0.05, 0) is 43.4 Å².